The molecule has 0 heterocycles. The number of amides is 1. The largest absolute Gasteiger partial charge is 0.377 e. The molecule has 68 valence electrons. The maximum absolute atomic E-state index is 10.6. The fraction of sp³-hybridized carbons (Fsp3) is 0.444. The minimum absolute atomic E-state index is 0.140. The standard InChI is InChI=1S/C9H15NO2/c1-3-7-12-8-5-6-10-9(11)4-2/h3-4H,1-2,5-8H2,(H,10,11). The number of nitrogens with one attached hydrogen (secondary N) is 1. The highest BCUT2D eigenvalue weighted by molar-refractivity contribution is 5.86. The average Bonchev–Trinajstić information content (AvgIpc) is 2.10. The van der Waals surface area contributed by atoms with Crippen molar-refractivity contribution < 1.29 is 9.53 Å². The highest BCUT2D eigenvalue weighted by atomic mass is 16.5. The molecule has 0 bridgehead atoms. The molecule has 0 atom stereocenters. The topological polar surface area (TPSA) is 38.3 Å². The number of rotatable bonds is 7. The SMILES string of the molecule is C=CCOCCCNC(=O)C=C. The third-order valence-electron chi connectivity index (χ3n) is 1.19. The molecule has 0 aliphatic rings. The van der Waals surface area contributed by atoms with E-state index in [-0.39, 0.29) is 5.91 Å². The van der Waals surface area contributed by atoms with Crippen molar-refractivity contribution in [3.8, 4) is 0 Å². The first-order valence-corrected chi connectivity index (χ1v) is 3.90. The van der Waals surface area contributed by atoms with Crippen molar-refractivity contribution in [2.75, 3.05) is 19.8 Å². The van der Waals surface area contributed by atoms with Gasteiger partial charge in [-0.1, -0.05) is 12.7 Å². The van der Waals surface area contributed by atoms with Crippen LogP contribution < -0.4 is 5.32 Å². The van der Waals surface area contributed by atoms with E-state index in [0.717, 1.165) is 6.42 Å². The van der Waals surface area contributed by atoms with Crippen LogP contribution in [0.25, 0.3) is 0 Å². The van der Waals surface area contributed by atoms with Gasteiger partial charge in [-0.05, 0) is 12.5 Å². The molecule has 1 N–H and O–H groups in total. The molecule has 1 amide bonds. The van der Waals surface area contributed by atoms with Crippen molar-refractivity contribution in [1.82, 2.24) is 5.32 Å². The molecule has 3 heteroatoms. The van der Waals surface area contributed by atoms with Crippen LogP contribution in [-0.4, -0.2) is 25.7 Å². The third kappa shape index (κ3) is 7.02. The van der Waals surface area contributed by atoms with Gasteiger partial charge in [0.25, 0.3) is 0 Å². The minimum Gasteiger partial charge on any atom is -0.377 e. The quantitative estimate of drug-likeness (QED) is 0.349. The van der Waals surface area contributed by atoms with E-state index in [9.17, 15) is 4.79 Å². The van der Waals surface area contributed by atoms with Crippen molar-refractivity contribution in [2.24, 2.45) is 0 Å². The summed E-state index contributed by atoms with van der Waals surface area (Å²) in [7, 11) is 0. The summed E-state index contributed by atoms with van der Waals surface area (Å²) in [5.41, 5.74) is 0. The summed E-state index contributed by atoms with van der Waals surface area (Å²) in [6.45, 7) is 8.68. The number of hydrogen-bond acceptors (Lipinski definition) is 2. The zero-order valence-electron chi connectivity index (χ0n) is 7.21. The van der Waals surface area contributed by atoms with Crippen molar-refractivity contribution in [2.45, 2.75) is 6.42 Å². The summed E-state index contributed by atoms with van der Waals surface area (Å²) in [6.07, 6.45) is 3.76. The van der Waals surface area contributed by atoms with Crippen LogP contribution in [0.2, 0.25) is 0 Å². The van der Waals surface area contributed by atoms with E-state index >= 15 is 0 Å². The maximum Gasteiger partial charge on any atom is 0.243 e. The Morgan fingerprint density at radius 2 is 2.25 bits per heavy atom. The van der Waals surface area contributed by atoms with Gasteiger partial charge in [0, 0.05) is 13.2 Å². The van der Waals surface area contributed by atoms with Crippen LogP contribution in [0.15, 0.2) is 25.3 Å². The fourth-order valence-corrected chi connectivity index (χ4v) is 0.625. The molecule has 12 heavy (non-hydrogen) atoms. The molecule has 0 rings (SSSR count). The lowest BCUT2D eigenvalue weighted by Crippen LogP contribution is -2.22. The lowest BCUT2D eigenvalue weighted by atomic mass is 10.4. The Labute approximate surface area is 73.1 Å². The molecule has 0 aromatic rings. The van der Waals surface area contributed by atoms with Gasteiger partial charge in [0.05, 0.1) is 6.61 Å². The van der Waals surface area contributed by atoms with Crippen molar-refractivity contribution in [1.29, 1.82) is 0 Å². The van der Waals surface area contributed by atoms with E-state index < -0.39 is 0 Å². The Morgan fingerprint density at radius 1 is 1.50 bits per heavy atom. The number of carbonyl (C=O) groups is 1. The second kappa shape index (κ2) is 8.01. The van der Waals surface area contributed by atoms with Crippen molar-refractivity contribution in [3.63, 3.8) is 0 Å². The van der Waals surface area contributed by atoms with Gasteiger partial charge in [0.1, 0.15) is 0 Å². The summed E-state index contributed by atoms with van der Waals surface area (Å²) < 4.78 is 5.10. The van der Waals surface area contributed by atoms with E-state index in [4.69, 9.17) is 4.74 Å². The summed E-state index contributed by atoms with van der Waals surface area (Å²) in [5.74, 6) is -0.140. The molecule has 0 unspecified atom stereocenters. The number of ether oxygens (including phenoxy) is 1. The fourth-order valence-electron chi connectivity index (χ4n) is 0.625. The van der Waals surface area contributed by atoms with Gasteiger partial charge in [0.15, 0.2) is 0 Å². The molecule has 0 aliphatic heterocycles. The van der Waals surface area contributed by atoms with E-state index in [2.05, 4.69) is 18.5 Å². The van der Waals surface area contributed by atoms with E-state index in [0.29, 0.717) is 19.8 Å². The van der Waals surface area contributed by atoms with Crippen LogP contribution in [0.3, 0.4) is 0 Å². The van der Waals surface area contributed by atoms with Crippen molar-refractivity contribution >= 4 is 5.91 Å². The molecule has 0 saturated carbocycles. The first kappa shape index (κ1) is 10.9. The Hall–Kier alpha value is -1.09. The van der Waals surface area contributed by atoms with Crippen LogP contribution in [0.4, 0.5) is 0 Å². The molecule has 3 nitrogen and oxygen atoms in total. The first-order chi connectivity index (χ1) is 5.81. The molecular weight excluding hydrogens is 154 g/mol. The van der Waals surface area contributed by atoms with Gasteiger partial charge in [-0.15, -0.1) is 6.58 Å². The first-order valence-electron chi connectivity index (χ1n) is 3.90. The second-order valence-electron chi connectivity index (χ2n) is 2.21. The number of carbonyl (C=O) groups excluding carboxylic acids is 1. The molecule has 0 fully saturated rings. The van der Waals surface area contributed by atoms with Gasteiger partial charge >= 0.3 is 0 Å². The van der Waals surface area contributed by atoms with Crippen LogP contribution >= 0.6 is 0 Å². The van der Waals surface area contributed by atoms with Gasteiger partial charge < -0.3 is 10.1 Å². The van der Waals surface area contributed by atoms with Gasteiger partial charge in [-0.2, -0.15) is 0 Å². The van der Waals surface area contributed by atoms with E-state index in [1.54, 1.807) is 6.08 Å². The Morgan fingerprint density at radius 3 is 2.83 bits per heavy atom. The lowest BCUT2D eigenvalue weighted by molar-refractivity contribution is -0.116. The number of hydrogen-bond donors (Lipinski definition) is 1. The van der Waals surface area contributed by atoms with Crippen LogP contribution in [0.1, 0.15) is 6.42 Å². The predicted octanol–water partition coefficient (Wildman–Crippen LogP) is 0.881. The predicted molar refractivity (Wildman–Crippen MR) is 48.8 cm³/mol. The summed E-state index contributed by atoms with van der Waals surface area (Å²) in [5, 5.41) is 2.65. The summed E-state index contributed by atoms with van der Waals surface area (Å²) in [6, 6.07) is 0. The Balaban J connectivity index is 3.05. The maximum atomic E-state index is 10.6. The molecular formula is C9H15NO2. The zero-order valence-corrected chi connectivity index (χ0v) is 7.21. The highest BCUT2D eigenvalue weighted by Gasteiger charge is 1.91. The lowest BCUT2D eigenvalue weighted by Gasteiger charge is -2.01. The summed E-state index contributed by atoms with van der Waals surface area (Å²) in [4.78, 5) is 10.6. The van der Waals surface area contributed by atoms with E-state index in [1.807, 2.05) is 0 Å². The van der Waals surface area contributed by atoms with Gasteiger partial charge in [-0.3, -0.25) is 4.79 Å². The van der Waals surface area contributed by atoms with Gasteiger partial charge in [-0.25, -0.2) is 0 Å². The zero-order chi connectivity index (χ0) is 9.23. The Kier molecular flexibility index (Phi) is 7.28. The third-order valence-corrected chi connectivity index (χ3v) is 1.19. The molecule has 0 radical (unpaired) electrons. The molecule has 0 spiro atoms. The van der Waals surface area contributed by atoms with Crippen molar-refractivity contribution in [3.05, 3.63) is 25.3 Å². The summed E-state index contributed by atoms with van der Waals surface area (Å²) >= 11 is 0. The minimum atomic E-state index is -0.140. The van der Waals surface area contributed by atoms with Crippen LogP contribution in [-0.2, 0) is 9.53 Å². The highest BCUT2D eigenvalue weighted by Crippen LogP contribution is 1.81. The van der Waals surface area contributed by atoms with Crippen LogP contribution in [0.5, 0.6) is 0 Å². The Bertz CT molecular complexity index is 155. The molecule has 0 aliphatic carbocycles. The van der Waals surface area contributed by atoms with E-state index in [1.165, 1.54) is 6.08 Å². The average molecular weight is 169 g/mol. The monoisotopic (exact) mass is 169 g/mol. The molecule has 0 saturated heterocycles. The molecule has 0 aromatic carbocycles. The molecule has 0 aromatic heterocycles. The second-order valence-corrected chi connectivity index (χ2v) is 2.21. The van der Waals surface area contributed by atoms with Gasteiger partial charge in [0.2, 0.25) is 5.91 Å². The van der Waals surface area contributed by atoms with Crippen LogP contribution in [0, 0.1) is 0 Å². The normalized spacial score (nSPS) is 9.00. The smallest absolute Gasteiger partial charge is 0.243 e.